The molecule has 0 aliphatic rings. The van der Waals surface area contributed by atoms with Crippen molar-refractivity contribution in [2.24, 2.45) is 0 Å². The van der Waals surface area contributed by atoms with Crippen molar-refractivity contribution < 1.29 is 0 Å². The van der Waals surface area contributed by atoms with Crippen LogP contribution < -0.4 is 10.6 Å². The van der Waals surface area contributed by atoms with Crippen molar-refractivity contribution in [1.82, 2.24) is 9.97 Å². The van der Waals surface area contributed by atoms with Gasteiger partial charge in [-0.15, -0.1) is 0 Å². The number of thioether (sulfide) groups is 1. The van der Waals surface area contributed by atoms with Crippen LogP contribution >= 0.6 is 11.8 Å². The summed E-state index contributed by atoms with van der Waals surface area (Å²) >= 11 is 1.95. The van der Waals surface area contributed by atoms with Crippen LogP contribution in [0.15, 0.2) is 6.33 Å². The molecule has 1 heterocycles. The lowest BCUT2D eigenvalue weighted by molar-refractivity contribution is 0.858. The maximum Gasteiger partial charge on any atom is 0.134 e. The molecule has 4 nitrogen and oxygen atoms in total. The van der Waals surface area contributed by atoms with Gasteiger partial charge in [0, 0.05) is 23.9 Å². The average molecular weight is 296 g/mol. The van der Waals surface area contributed by atoms with Gasteiger partial charge in [0.2, 0.25) is 0 Å². The van der Waals surface area contributed by atoms with Crippen LogP contribution in [0.25, 0.3) is 0 Å². The molecule has 2 N–H and O–H groups in total. The number of hydrogen-bond donors (Lipinski definition) is 2. The number of rotatable bonds is 10. The van der Waals surface area contributed by atoms with Crippen molar-refractivity contribution in [3.05, 3.63) is 11.9 Å². The van der Waals surface area contributed by atoms with Gasteiger partial charge in [0.05, 0.1) is 0 Å². The minimum atomic E-state index is 0.421. The predicted octanol–water partition coefficient (Wildman–Crippen LogP) is 3.80. The van der Waals surface area contributed by atoms with Crippen molar-refractivity contribution in [3.63, 3.8) is 0 Å². The Hall–Kier alpha value is -0.970. The lowest BCUT2D eigenvalue weighted by Crippen LogP contribution is -2.21. The molecule has 0 aliphatic carbocycles. The van der Waals surface area contributed by atoms with E-state index in [-0.39, 0.29) is 0 Å². The molecular formula is C15H28N4S. The molecule has 114 valence electrons. The van der Waals surface area contributed by atoms with Crippen molar-refractivity contribution in [2.45, 2.75) is 53.0 Å². The highest BCUT2D eigenvalue weighted by Crippen LogP contribution is 2.22. The smallest absolute Gasteiger partial charge is 0.134 e. The van der Waals surface area contributed by atoms with E-state index in [1.807, 2.05) is 11.8 Å². The highest BCUT2D eigenvalue weighted by atomic mass is 32.2. The highest BCUT2D eigenvalue weighted by Gasteiger charge is 2.12. The first kappa shape index (κ1) is 17.1. The third-order valence-corrected chi connectivity index (χ3v) is 4.09. The zero-order valence-electron chi connectivity index (χ0n) is 13.2. The molecule has 0 aliphatic heterocycles. The van der Waals surface area contributed by atoms with Gasteiger partial charge in [0.25, 0.3) is 0 Å². The first-order valence-electron chi connectivity index (χ1n) is 7.64. The molecule has 0 fully saturated rings. The Balaban J connectivity index is 2.81. The van der Waals surface area contributed by atoms with Crippen molar-refractivity contribution in [1.29, 1.82) is 0 Å². The zero-order valence-corrected chi connectivity index (χ0v) is 14.0. The van der Waals surface area contributed by atoms with Crippen LogP contribution in [-0.4, -0.2) is 34.1 Å². The zero-order chi connectivity index (χ0) is 14.8. The number of hydrogen-bond acceptors (Lipinski definition) is 5. The topological polar surface area (TPSA) is 49.8 Å². The van der Waals surface area contributed by atoms with E-state index in [2.05, 4.69) is 48.3 Å². The van der Waals surface area contributed by atoms with Crippen LogP contribution in [0.5, 0.6) is 0 Å². The van der Waals surface area contributed by atoms with Gasteiger partial charge in [-0.25, -0.2) is 9.97 Å². The maximum absolute atomic E-state index is 4.44. The Labute approximate surface area is 127 Å². The third-order valence-electron chi connectivity index (χ3n) is 2.94. The molecule has 0 radical (unpaired) electrons. The van der Waals surface area contributed by atoms with Crippen LogP contribution in [0.4, 0.5) is 11.6 Å². The summed E-state index contributed by atoms with van der Waals surface area (Å²) in [4.78, 5) is 8.84. The normalized spacial score (nSPS) is 12.2. The standard InChI is InChI=1S/C15H28N4S/c1-5-8-13-14(16-9-6-2)17-11-18-15(13)19-12(4)10-20-7-3/h11-12H,5-10H2,1-4H3,(H2,16,17,18,19). The summed E-state index contributed by atoms with van der Waals surface area (Å²) in [5.74, 6) is 4.23. The molecule has 0 amide bonds. The Kier molecular flexibility index (Phi) is 8.42. The molecule has 1 atom stereocenters. The Morgan fingerprint density at radius 3 is 2.55 bits per heavy atom. The summed E-state index contributed by atoms with van der Waals surface area (Å²) in [7, 11) is 0. The van der Waals surface area contributed by atoms with E-state index in [0.29, 0.717) is 6.04 Å². The van der Waals surface area contributed by atoms with E-state index in [1.165, 1.54) is 5.56 Å². The van der Waals surface area contributed by atoms with Gasteiger partial charge < -0.3 is 10.6 Å². The van der Waals surface area contributed by atoms with Gasteiger partial charge in [0.1, 0.15) is 18.0 Å². The van der Waals surface area contributed by atoms with Gasteiger partial charge >= 0.3 is 0 Å². The van der Waals surface area contributed by atoms with Gasteiger partial charge in [0.15, 0.2) is 0 Å². The molecule has 0 aromatic carbocycles. The second-order valence-electron chi connectivity index (χ2n) is 4.93. The van der Waals surface area contributed by atoms with Crippen LogP contribution in [0, 0.1) is 0 Å². The summed E-state index contributed by atoms with van der Waals surface area (Å²) in [5.41, 5.74) is 1.22. The molecule has 1 aromatic heterocycles. The van der Waals surface area contributed by atoms with Gasteiger partial charge in [-0.2, -0.15) is 11.8 Å². The molecule has 1 aromatic rings. The quantitative estimate of drug-likeness (QED) is 0.687. The van der Waals surface area contributed by atoms with Crippen molar-refractivity contribution in [3.8, 4) is 0 Å². The van der Waals surface area contributed by atoms with E-state index in [4.69, 9.17) is 0 Å². The number of nitrogens with zero attached hydrogens (tertiary/aromatic N) is 2. The average Bonchev–Trinajstić information content (AvgIpc) is 2.45. The summed E-state index contributed by atoms with van der Waals surface area (Å²) in [6.07, 6.45) is 4.85. The predicted molar refractivity (Wildman–Crippen MR) is 90.9 cm³/mol. The van der Waals surface area contributed by atoms with E-state index in [9.17, 15) is 0 Å². The van der Waals surface area contributed by atoms with Crippen molar-refractivity contribution in [2.75, 3.05) is 28.7 Å². The first-order chi connectivity index (χ1) is 9.72. The fraction of sp³-hybridized carbons (Fsp3) is 0.733. The molecule has 20 heavy (non-hydrogen) atoms. The van der Waals surface area contributed by atoms with Gasteiger partial charge in [-0.1, -0.05) is 27.2 Å². The second-order valence-corrected chi connectivity index (χ2v) is 6.25. The fourth-order valence-electron chi connectivity index (χ4n) is 1.99. The van der Waals surface area contributed by atoms with E-state index in [1.54, 1.807) is 6.33 Å². The minimum Gasteiger partial charge on any atom is -0.370 e. The van der Waals surface area contributed by atoms with Crippen LogP contribution in [0.3, 0.4) is 0 Å². The lowest BCUT2D eigenvalue weighted by atomic mass is 10.1. The molecule has 0 saturated heterocycles. The van der Waals surface area contributed by atoms with Crippen LogP contribution in [0.1, 0.15) is 46.1 Å². The molecule has 1 unspecified atom stereocenters. The molecule has 0 bridgehead atoms. The maximum atomic E-state index is 4.44. The molecule has 0 spiro atoms. The lowest BCUT2D eigenvalue weighted by Gasteiger charge is -2.18. The van der Waals surface area contributed by atoms with Gasteiger partial charge in [-0.05, 0) is 25.5 Å². The SMILES string of the molecule is CCCNc1ncnc(NC(C)CSCC)c1CCC. The van der Waals surface area contributed by atoms with E-state index < -0.39 is 0 Å². The molecule has 1 rings (SSSR count). The second kappa shape index (κ2) is 9.86. The number of anilines is 2. The minimum absolute atomic E-state index is 0.421. The molecular weight excluding hydrogens is 268 g/mol. The Morgan fingerprint density at radius 2 is 1.90 bits per heavy atom. The molecule has 0 saturated carbocycles. The summed E-state index contributed by atoms with van der Waals surface area (Å²) in [5, 5.41) is 6.94. The van der Waals surface area contributed by atoms with E-state index >= 15 is 0 Å². The van der Waals surface area contributed by atoms with Gasteiger partial charge in [-0.3, -0.25) is 0 Å². The largest absolute Gasteiger partial charge is 0.370 e. The summed E-state index contributed by atoms with van der Waals surface area (Å²) < 4.78 is 0. The Morgan fingerprint density at radius 1 is 1.15 bits per heavy atom. The van der Waals surface area contributed by atoms with E-state index in [0.717, 1.165) is 48.9 Å². The number of nitrogens with one attached hydrogen (secondary N) is 2. The Bertz CT molecular complexity index is 384. The van der Waals surface area contributed by atoms with Crippen molar-refractivity contribution >= 4 is 23.4 Å². The molecule has 5 heteroatoms. The van der Waals surface area contributed by atoms with Crippen LogP contribution in [0.2, 0.25) is 0 Å². The monoisotopic (exact) mass is 296 g/mol. The summed E-state index contributed by atoms with van der Waals surface area (Å²) in [6.45, 7) is 9.71. The van der Waals surface area contributed by atoms with Crippen LogP contribution in [-0.2, 0) is 6.42 Å². The summed E-state index contributed by atoms with van der Waals surface area (Å²) in [6, 6.07) is 0.421. The first-order valence-corrected chi connectivity index (χ1v) is 8.80. The number of aromatic nitrogens is 2. The fourth-order valence-corrected chi connectivity index (χ4v) is 2.66. The highest BCUT2D eigenvalue weighted by molar-refractivity contribution is 7.99. The third kappa shape index (κ3) is 5.57.